The minimum absolute atomic E-state index is 0.216. The molecule has 0 saturated heterocycles. The molecule has 0 saturated carbocycles. The summed E-state index contributed by atoms with van der Waals surface area (Å²) < 4.78 is 3.32. The van der Waals surface area contributed by atoms with Gasteiger partial charge < -0.3 is 5.32 Å². The lowest BCUT2D eigenvalue weighted by Gasteiger charge is -2.21. The first-order valence-electron chi connectivity index (χ1n) is 12.2. The largest absolute Gasteiger partial charge is 0.343 e. The first-order valence-corrected chi connectivity index (χ1v) is 12.2. The fourth-order valence-electron chi connectivity index (χ4n) is 4.43. The van der Waals surface area contributed by atoms with E-state index in [2.05, 4.69) is 32.2 Å². The second-order valence-electron chi connectivity index (χ2n) is 9.11. The van der Waals surface area contributed by atoms with E-state index in [1.54, 1.807) is 28.6 Å². The molecule has 0 aliphatic carbocycles. The molecule has 0 aliphatic rings. The highest BCUT2D eigenvalue weighted by Crippen LogP contribution is 2.23. The van der Waals surface area contributed by atoms with Gasteiger partial charge in [-0.05, 0) is 50.4 Å². The topological polar surface area (TPSA) is 94.7 Å². The average Bonchev–Trinajstić information content (AvgIpc) is 3.32. The maximum absolute atomic E-state index is 14.1. The molecule has 0 fully saturated rings. The zero-order valence-electron chi connectivity index (χ0n) is 21.6. The Balaban J connectivity index is 1.64. The van der Waals surface area contributed by atoms with Gasteiger partial charge in [-0.25, -0.2) is 4.98 Å². The molecule has 5 aromatic rings. The van der Waals surface area contributed by atoms with Crippen LogP contribution in [0.1, 0.15) is 51.7 Å². The summed E-state index contributed by atoms with van der Waals surface area (Å²) in [6, 6.07) is 16.4. The van der Waals surface area contributed by atoms with E-state index in [4.69, 9.17) is 0 Å². The lowest BCUT2D eigenvalue weighted by Crippen LogP contribution is -2.33. The normalized spacial score (nSPS) is 11.6. The van der Waals surface area contributed by atoms with Gasteiger partial charge in [0.25, 0.3) is 11.5 Å². The van der Waals surface area contributed by atoms with E-state index in [1.165, 1.54) is 0 Å². The third-order valence-corrected chi connectivity index (χ3v) is 6.21. The van der Waals surface area contributed by atoms with Crippen molar-refractivity contribution in [1.82, 2.24) is 29.6 Å². The van der Waals surface area contributed by atoms with Crippen LogP contribution >= 0.6 is 0 Å². The van der Waals surface area contributed by atoms with Crippen molar-refractivity contribution in [3.05, 3.63) is 117 Å². The minimum Gasteiger partial charge on any atom is -0.343 e. The number of nitrogens with one attached hydrogen (secondary N) is 1. The van der Waals surface area contributed by atoms with Crippen LogP contribution in [-0.2, 0) is 7.05 Å². The quantitative estimate of drug-likeness (QED) is 0.375. The molecule has 0 radical (unpaired) electrons. The van der Waals surface area contributed by atoms with Crippen molar-refractivity contribution in [2.75, 3.05) is 0 Å². The number of para-hydroxylation sites is 1. The fraction of sp³-hybridized carbons (Fsp3) is 0.167. The molecule has 2 aromatic carbocycles. The summed E-state index contributed by atoms with van der Waals surface area (Å²) in [6.07, 6.45) is 5.07. The Bertz CT molecular complexity index is 1790. The Labute approximate surface area is 220 Å². The minimum atomic E-state index is -0.507. The first-order chi connectivity index (χ1) is 18.3. The van der Waals surface area contributed by atoms with Crippen LogP contribution in [-0.4, -0.2) is 30.2 Å². The van der Waals surface area contributed by atoms with Crippen LogP contribution < -0.4 is 10.9 Å². The Kier molecular flexibility index (Phi) is 6.58. The molecule has 1 amide bonds. The van der Waals surface area contributed by atoms with Gasteiger partial charge in [-0.15, -0.1) is 0 Å². The van der Waals surface area contributed by atoms with Crippen molar-refractivity contribution in [1.29, 1.82) is 0 Å². The van der Waals surface area contributed by atoms with Crippen LogP contribution in [0.4, 0.5) is 0 Å². The van der Waals surface area contributed by atoms with Gasteiger partial charge in [-0.1, -0.05) is 42.2 Å². The SMILES string of the molecule is Cc1cnc(C(=O)NC(C)c2cc3cccc(C#Cc4cnn(C)c4)c3c(=O)n2-c2ccccc2)c(C)n1. The molecule has 1 unspecified atom stereocenters. The van der Waals surface area contributed by atoms with E-state index < -0.39 is 6.04 Å². The van der Waals surface area contributed by atoms with Gasteiger partial charge in [-0.2, -0.15) is 5.10 Å². The summed E-state index contributed by atoms with van der Waals surface area (Å²) in [6.45, 7) is 5.43. The Morgan fingerprint density at radius 1 is 1.03 bits per heavy atom. The van der Waals surface area contributed by atoms with Crippen molar-refractivity contribution >= 4 is 16.7 Å². The van der Waals surface area contributed by atoms with E-state index in [0.29, 0.717) is 28.0 Å². The summed E-state index contributed by atoms with van der Waals surface area (Å²) in [5.41, 5.74) is 4.03. The summed E-state index contributed by atoms with van der Waals surface area (Å²) in [7, 11) is 1.83. The monoisotopic (exact) mass is 502 g/mol. The average molecular weight is 503 g/mol. The molecular formula is C30H26N6O2. The second kappa shape index (κ2) is 10.1. The molecule has 0 aliphatic heterocycles. The number of nitrogens with zero attached hydrogens (tertiary/aromatic N) is 5. The lowest BCUT2D eigenvalue weighted by molar-refractivity contribution is 0.0932. The number of hydrogen-bond acceptors (Lipinski definition) is 5. The number of benzene rings is 2. The number of rotatable bonds is 4. The smallest absolute Gasteiger partial charge is 0.272 e. The summed E-state index contributed by atoms with van der Waals surface area (Å²) in [5, 5.41) is 8.40. The van der Waals surface area contributed by atoms with E-state index in [9.17, 15) is 9.59 Å². The zero-order valence-corrected chi connectivity index (χ0v) is 21.6. The van der Waals surface area contributed by atoms with Crippen LogP contribution in [0.5, 0.6) is 0 Å². The second-order valence-corrected chi connectivity index (χ2v) is 9.11. The van der Waals surface area contributed by atoms with Crippen LogP contribution in [0.15, 0.2) is 78.0 Å². The predicted molar refractivity (Wildman–Crippen MR) is 146 cm³/mol. The molecule has 0 bridgehead atoms. The number of pyridine rings is 1. The molecule has 38 heavy (non-hydrogen) atoms. The van der Waals surface area contributed by atoms with Crippen molar-refractivity contribution in [2.45, 2.75) is 26.8 Å². The highest BCUT2D eigenvalue weighted by atomic mass is 16.2. The van der Waals surface area contributed by atoms with E-state index >= 15 is 0 Å². The Hall–Kier alpha value is -5.03. The summed E-state index contributed by atoms with van der Waals surface area (Å²) in [4.78, 5) is 35.8. The van der Waals surface area contributed by atoms with Crippen LogP contribution in [0.2, 0.25) is 0 Å². The number of carbonyl (C=O) groups is 1. The lowest BCUT2D eigenvalue weighted by atomic mass is 10.0. The van der Waals surface area contributed by atoms with Gasteiger partial charge in [0, 0.05) is 36.4 Å². The van der Waals surface area contributed by atoms with Crippen LogP contribution in [0.25, 0.3) is 16.5 Å². The highest BCUT2D eigenvalue weighted by Gasteiger charge is 2.21. The number of hydrogen-bond donors (Lipinski definition) is 1. The first kappa shape index (κ1) is 24.7. The summed E-state index contributed by atoms with van der Waals surface area (Å²) in [5.74, 6) is 5.89. The maximum atomic E-state index is 14.1. The predicted octanol–water partition coefficient (Wildman–Crippen LogP) is 4.02. The van der Waals surface area contributed by atoms with Gasteiger partial charge in [0.1, 0.15) is 5.69 Å². The molecule has 1 atom stereocenters. The third-order valence-electron chi connectivity index (χ3n) is 6.21. The molecule has 5 rings (SSSR count). The highest BCUT2D eigenvalue weighted by molar-refractivity contribution is 5.93. The molecule has 3 aromatic heterocycles. The van der Waals surface area contributed by atoms with Crippen molar-refractivity contribution < 1.29 is 4.79 Å². The molecule has 8 nitrogen and oxygen atoms in total. The fourth-order valence-corrected chi connectivity index (χ4v) is 4.43. The van der Waals surface area contributed by atoms with E-state index in [-0.39, 0.29) is 17.2 Å². The van der Waals surface area contributed by atoms with Crippen molar-refractivity contribution in [2.24, 2.45) is 7.05 Å². The molecular weight excluding hydrogens is 476 g/mol. The Morgan fingerprint density at radius 2 is 1.82 bits per heavy atom. The number of aryl methyl sites for hydroxylation is 3. The standard InChI is InChI=1S/C30H26N6O2/c1-19-16-31-28(21(3)33-19)29(37)34-20(2)26-15-24-10-8-9-23(14-13-22-17-32-35(4)18-22)27(24)30(38)36(26)25-11-6-5-7-12-25/h5-12,15-18,20H,1-4H3,(H,34,37). The molecule has 188 valence electrons. The van der Waals surface area contributed by atoms with E-state index in [0.717, 1.165) is 16.6 Å². The molecule has 1 N–H and O–H groups in total. The van der Waals surface area contributed by atoms with Gasteiger partial charge >= 0.3 is 0 Å². The van der Waals surface area contributed by atoms with Crippen LogP contribution in [0.3, 0.4) is 0 Å². The number of carbonyl (C=O) groups excluding carboxylic acids is 1. The zero-order chi connectivity index (χ0) is 26.8. The van der Waals surface area contributed by atoms with E-state index in [1.807, 2.05) is 81.7 Å². The maximum Gasteiger partial charge on any atom is 0.272 e. The number of fused-ring (bicyclic) bond motifs is 1. The summed E-state index contributed by atoms with van der Waals surface area (Å²) >= 11 is 0. The van der Waals surface area contributed by atoms with Crippen molar-refractivity contribution in [3.63, 3.8) is 0 Å². The molecule has 0 spiro atoms. The Morgan fingerprint density at radius 3 is 2.53 bits per heavy atom. The molecule has 3 heterocycles. The van der Waals surface area contributed by atoms with Gasteiger partial charge in [-0.3, -0.25) is 23.8 Å². The van der Waals surface area contributed by atoms with Crippen LogP contribution in [0, 0.1) is 25.7 Å². The van der Waals surface area contributed by atoms with Gasteiger partial charge in [0.2, 0.25) is 0 Å². The van der Waals surface area contributed by atoms with Crippen molar-refractivity contribution in [3.8, 4) is 17.5 Å². The van der Waals surface area contributed by atoms with Gasteiger partial charge in [0.05, 0.1) is 34.6 Å². The number of aromatic nitrogens is 5. The van der Waals surface area contributed by atoms with Gasteiger partial charge in [0.15, 0.2) is 0 Å². The third kappa shape index (κ3) is 4.82. The number of amides is 1. The molecule has 8 heteroatoms.